The van der Waals surface area contributed by atoms with Crippen molar-refractivity contribution in [3.8, 4) is 11.5 Å². The van der Waals surface area contributed by atoms with E-state index in [-0.39, 0.29) is 0 Å². The summed E-state index contributed by atoms with van der Waals surface area (Å²) >= 11 is 0. The third-order valence-electron chi connectivity index (χ3n) is 3.81. The van der Waals surface area contributed by atoms with Gasteiger partial charge in [0.05, 0.1) is 13.7 Å². The van der Waals surface area contributed by atoms with Crippen LogP contribution in [-0.4, -0.2) is 44.2 Å². The number of benzene rings is 1. The molecule has 22 heavy (non-hydrogen) atoms. The van der Waals surface area contributed by atoms with E-state index in [2.05, 4.69) is 5.32 Å². The molecule has 1 aliphatic heterocycles. The van der Waals surface area contributed by atoms with Gasteiger partial charge in [-0.3, -0.25) is 4.79 Å². The number of likely N-dealkylation sites (tertiary alicyclic amines) is 1. The lowest BCUT2D eigenvalue weighted by Crippen LogP contribution is -2.28. The number of nitrogens with one attached hydrogen (secondary N) is 1. The standard InChI is InChI=1S/C17H26N2O3/c1-3-22-16-12-14(7-8-15(16)21-2)13-18-9-5-11-19-10-4-6-17(19)20/h7-8,12,18H,3-6,9-11,13H2,1-2H3. The molecule has 0 saturated carbocycles. The number of carbonyl (C=O) groups is 1. The number of amides is 1. The summed E-state index contributed by atoms with van der Waals surface area (Å²) in [5.41, 5.74) is 1.17. The van der Waals surface area contributed by atoms with Crippen molar-refractivity contribution < 1.29 is 14.3 Å². The number of ether oxygens (including phenoxy) is 2. The van der Waals surface area contributed by atoms with E-state index in [1.165, 1.54) is 5.56 Å². The maximum atomic E-state index is 11.5. The molecule has 0 spiro atoms. The van der Waals surface area contributed by atoms with Gasteiger partial charge in [-0.05, 0) is 44.0 Å². The van der Waals surface area contributed by atoms with Crippen LogP contribution in [0.4, 0.5) is 0 Å². The largest absolute Gasteiger partial charge is 0.493 e. The smallest absolute Gasteiger partial charge is 0.222 e. The molecule has 1 aromatic rings. The van der Waals surface area contributed by atoms with Gasteiger partial charge in [-0.15, -0.1) is 0 Å². The van der Waals surface area contributed by atoms with E-state index >= 15 is 0 Å². The van der Waals surface area contributed by atoms with Gasteiger partial charge in [0.25, 0.3) is 0 Å². The van der Waals surface area contributed by atoms with Crippen LogP contribution in [-0.2, 0) is 11.3 Å². The zero-order valence-corrected chi connectivity index (χ0v) is 13.6. The topological polar surface area (TPSA) is 50.8 Å². The molecule has 122 valence electrons. The molecule has 0 atom stereocenters. The van der Waals surface area contributed by atoms with Gasteiger partial charge in [-0.1, -0.05) is 6.07 Å². The minimum atomic E-state index is 0.302. The highest BCUT2D eigenvalue weighted by molar-refractivity contribution is 5.77. The van der Waals surface area contributed by atoms with Gasteiger partial charge in [-0.2, -0.15) is 0 Å². The van der Waals surface area contributed by atoms with Crippen LogP contribution in [0.1, 0.15) is 31.7 Å². The first-order chi connectivity index (χ1) is 10.7. The van der Waals surface area contributed by atoms with Gasteiger partial charge in [0.2, 0.25) is 5.91 Å². The minimum absolute atomic E-state index is 0.302. The molecule has 0 radical (unpaired) electrons. The number of nitrogens with zero attached hydrogens (tertiary/aromatic N) is 1. The summed E-state index contributed by atoms with van der Waals surface area (Å²) in [4.78, 5) is 13.5. The Morgan fingerprint density at radius 3 is 2.86 bits per heavy atom. The summed E-state index contributed by atoms with van der Waals surface area (Å²) in [6, 6.07) is 5.99. The van der Waals surface area contributed by atoms with Crippen LogP contribution < -0.4 is 14.8 Å². The van der Waals surface area contributed by atoms with Crippen LogP contribution in [0.3, 0.4) is 0 Å². The molecule has 2 rings (SSSR count). The SMILES string of the molecule is CCOc1cc(CNCCCN2CCCC2=O)ccc1OC. The van der Waals surface area contributed by atoms with E-state index in [4.69, 9.17) is 9.47 Å². The Morgan fingerprint density at radius 2 is 2.18 bits per heavy atom. The molecule has 0 aromatic heterocycles. The van der Waals surface area contributed by atoms with Crippen molar-refractivity contribution in [2.24, 2.45) is 0 Å². The highest BCUT2D eigenvalue weighted by Gasteiger charge is 2.18. The van der Waals surface area contributed by atoms with Gasteiger partial charge in [0, 0.05) is 26.1 Å². The third-order valence-corrected chi connectivity index (χ3v) is 3.81. The van der Waals surface area contributed by atoms with Crippen molar-refractivity contribution in [2.45, 2.75) is 32.7 Å². The van der Waals surface area contributed by atoms with Crippen LogP contribution in [0.25, 0.3) is 0 Å². The molecular weight excluding hydrogens is 280 g/mol. The van der Waals surface area contributed by atoms with Gasteiger partial charge < -0.3 is 19.7 Å². The van der Waals surface area contributed by atoms with E-state index in [1.807, 2.05) is 30.0 Å². The average molecular weight is 306 g/mol. The number of hydrogen-bond acceptors (Lipinski definition) is 4. The molecule has 5 heteroatoms. The van der Waals surface area contributed by atoms with E-state index < -0.39 is 0 Å². The summed E-state index contributed by atoms with van der Waals surface area (Å²) in [6.45, 7) is 6.06. The first kappa shape index (κ1) is 16.6. The lowest BCUT2D eigenvalue weighted by molar-refractivity contribution is -0.127. The minimum Gasteiger partial charge on any atom is -0.493 e. The zero-order valence-electron chi connectivity index (χ0n) is 13.6. The summed E-state index contributed by atoms with van der Waals surface area (Å²) in [5, 5.41) is 3.41. The quantitative estimate of drug-likeness (QED) is 0.711. The molecule has 0 bridgehead atoms. The molecule has 0 aliphatic carbocycles. The van der Waals surface area contributed by atoms with E-state index in [0.717, 1.165) is 56.9 Å². The zero-order chi connectivity index (χ0) is 15.8. The average Bonchev–Trinajstić information content (AvgIpc) is 2.93. The molecule has 1 heterocycles. The molecule has 1 aliphatic rings. The van der Waals surface area contributed by atoms with Crippen molar-refractivity contribution in [2.75, 3.05) is 33.4 Å². The van der Waals surface area contributed by atoms with Gasteiger partial charge >= 0.3 is 0 Å². The van der Waals surface area contributed by atoms with Gasteiger partial charge in [0.1, 0.15) is 0 Å². The predicted molar refractivity (Wildman–Crippen MR) is 86.3 cm³/mol. The van der Waals surface area contributed by atoms with E-state index in [1.54, 1.807) is 7.11 Å². The Bertz CT molecular complexity index is 491. The van der Waals surface area contributed by atoms with Crippen LogP contribution in [0, 0.1) is 0 Å². The maximum absolute atomic E-state index is 11.5. The summed E-state index contributed by atoms with van der Waals surface area (Å²) < 4.78 is 10.9. The van der Waals surface area contributed by atoms with Crippen LogP contribution >= 0.6 is 0 Å². The first-order valence-electron chi connectivity index (χ1n) is 8.02. The number of rotatable bonds is 9. The Hall–Kier alpha value is -1.75. The number of hydrogen-bond donors (Lipinski definition) is 1. The highest BCUT2D eigenvalue weighted by atomic mass is 16.5. The molecule has 1 saturated heterocycles. The monoisotopic (exact) mass is 306 g/mol. The molecule has 1 aromatic carbocycles. The highest BCUT2D eigenvalue weighted by Crippen LogP contribution is 2.27. The lowest BCUT2D eigenvalue weighted by Gasteiger charge is -2.15. The fourth-order valence-corrected chi connectivity index (χ4v) is 2.67. The number of methoxy groups -OCH3 is 1. The molecule has 0 unspecified atom stereocenters. The predicted octanol–water partition coefficient (Wildman–Crippen LogP) is 2.20. The lowest BCUT2D eigenvalue weighted by atomic mass is 10.2. The second-order valence-corrected chi connectivity index (χ2v) is 5.43. The van der Waals surface area contributed by atoms with Crippen LogP contribution in [0.15, 0.2) is 18.2 Å². The number of carbonyl (C=O) groups excluding carboxylic acids is 1. The Kier molecular flexibility index (Phi) is 6.52. The molecule has 1 amide bonds. The van der Waals surface area contributed by atoms with Crippen molar-refractivity contribution in [3.63, 3.8) is 0 Å². The van der Waals surface area contributed by atoms with Crippen molar-refractivity contribution in [3.05, 3.63) is 23.8 Å². The van der Waals surface area contributed by atoms with Gasteiger partial charge in [-0.25, -0.2) is 0 Å². The van der Waals surface area contributed by atoms with Crippen molar-refractivity contribution in [1.82, 2.24) is 10.2 Å². The van der Waals surface area contributed by atoms with Gasteiger partial charge in [0.15, 0.2) is 11.5 Å². The normalized spacial score (nSPS) is 14.5. The van der Waals surface area contributed by atoms with Crippen LogP contribution in [0.5, 0.6) is 11.5 Å². The molecule has 1 N–H and O–H groups in total. The maximum Gasteiger partial charge on any atom is 0.222 e. The Morgan fingerprint density at radius 1 is 1.32 bits per heavy atom. The van der Waals surface area contributed by atoms with Crippen LogP contribution in [0.2, 0.25) is 0 Å². The summed E-state index contributed by atoms with van der Waals surface area (Å²) in [7, 11) is 1.65. The fourth-order valence-electron chi connectivity index (χ4n) is 2.67. The molecule has 1 fully saturated rings. The Labute approximate surface area is 132 Å². The summed E-state index contributed by atoms with van der Waals surface area (Å²) in [5.74, 6) is 1.85. The van der Waals surface area contributed by atoms with Crippen molar-refractivity contribution >= 4 is 5.91 Å². The van der Waals surface area contributed by atoms with E-state index in [0.29, 0.717) is 12.5 Å². The second-order valence-electron chi connectivity index (χ2n) is 5.43. The molecule has 5 nitrogen and oxygen atoms in total. The first-order valence-corrected chi connectivity index (χ1v) is 8.02. The fraction of sp³-hybridized carbons (Fsp3) is 0.588. The third kappa shape index (κ3) is 4.63. The van der Waals surface area contributed by atoms with E-state index in [9.17, 15) is 4.79 Å². The Balaban J connectivity index is 1.72. The summed E-state index contributed by atoms with van der Waals surface area (Å²) in [6.07, 6.45) is 2.72. The second kappa shape index (κ2) is 8.63. The molecular formula is C17H26N2O3. The van der Waals surface area contributed by atoms with Crippen molar-refractivity contribution in [1.29, 1.82) is 0 Å².